The quantitative estimate of drug-likeness (QED) is 0.466. The molecule has 0 aromatic carbocycles. The summed E-state index contributed by atoms with van der Waals surface area (Å²) in [5.74, 6) is 2.84. The van der Waals surface area contributed by atoms with Crippen molar-refractivity contribution in [2.45, 2.75) is 25.2 Å². The van der Waals surface area contributed by atoms with Crippen molar-refractivity contribution in [1.82, 2.24) is 0 Å². The van der Waals surface area contributed by atoms with Crippen LogP contribution >= 0.6 is 0 Å². The molecule has 78 valence electrons. The zero-order valence-corrected chi connectivity index (χ0v) is 8.19. The van der Waals surface area contributed by atoms with E-state index < -0.39 is 0 Å². The van der Waals surface area contributed by atoms with Gasteiger partial charge in [0, 0.05) is 0 Å². The molecular formula is C10H14O4. The second-order valence-electron chi connectivity index (χ2n) is 3.44. The first-order valence-electron chi connectivity index (χ1n) is 4.81. The molecule has 2 fully saturated rings. The fourth-order valence-electron chi connectivity index (χ4n) is 0.881. The summed E-state index contributed by atoms with van der Waals surface area (Å²) in [6.07, 6.45) is 3.06. The highest BCUT2D eigenvalue weighted by Crippen LogP contribution is 2.09. The van der Waals surface area contributed by atoms with E-state index in [4.69, 9.17) is 18.9 Å². The van der Waals surface area contributed by atoms with Crippen molar-refractivity contribution in [1.29, 1.82) is 0 Å². The van der Waals surface area contributed by atoms with Gasteiger partial charge in [-0.2, -0.15) is 0 Å². The summed E-state index contributed by atoms with van der Waals surface area (Å²) in [6, 6.07) is 0. The standard InChI is InChI=1S/C10H14O4/c1-8(12-5-10-7-14-10)2-3-11-4-9-6-13-9/h8-10H,4-7H2,1H3. The number of epoxide rings is 2. The highest BCUT2D eigenvalue weighted by Gasteiger charge is 2.23. The van der Waals surface area contributed by atoms with E-state index in [9.17, 15) is 0 Å². The molecule has 0 radical (unpaired) electrons. The summed E-state index contributed by atoms with van der Waals surface area (Å²) in [6.45, 7) is 4.70. The average Bonchev–Trinajstić information content (AvgIpc) is 3.02. The Kier molecular flexibility index (Phi) is 3.25. The van der Waals surface area contributed by atoms with Crippen molar-refractivity contribution in [2.24, 2.45) is 0 Å². The highest BCUT2D eigenvalue weighted by molar-refractivity contribution is 4.98. The van der Waals surface area contributed by atoms with Crippen LogP contribution < -0.4 is 0 Å². The minimum atomic E-state index is -0.0979. The first-order chi connectivity index (χ1) is 6.84. The van der Waals surface area contributed by atoms with Crippen LogP contribution in [0.2, 0.25) is 0 Å². The van der Waals surface area contributed by atoms with E-state index in [1.807, 2.05) is 6.92 Å². The molecule has 0 N–H and O–H groups in total. The molecule has 0 bridgehead atoms. The van der Waals surface area contributed by atoms with Gasteiger partial charge in [0.25, 0.3) is 0 Å². The van der Waals surface area contributed by atoms with E-state index >= 15 is 0 Å². The Morgan fingerprint density at radius 1 is 1.29 bits per heavy atom. The lowest BCUT2D eigenvalue weighted by molar-refractivity contribution is 0.0877. The molecule has 2 saturated heterocycles. The van der Waals surface area contributed by atoms with Crippen molar-refractivity contribution in [3.8, 4) is 12.0 Å². The zero-order valence-electron chi connectivity index (χ0n) is 8.19. The van der Waals surface area contributed by atoms with Gasteiger partial charge in [-0.3, -0.25) is 0 Å². The first-order valence-corrected chi connectivity index (χ1v) is 4.81. The molecule has 4 heteroatoms. The third-order valence-electron chi connectivity index (χ3n) is 1.94. The first kappa shape index (κ1) is 9.78. The van der Waals surface area contributed by atoms with Crippen LogP contribution in [0.3, 0.4) is 0 Å². The Morgan fingerprint density at radius 3 is 2.57 bits per heavy atom. The van der Waals surface area contributed by atoms with Crippen LogP contribution in [0.1, 0.15) is 6.92 Å². The molecule has 4 nitrogen and oxygen atoms in total. The largest absolute Gasteiger partial charge is 0.444 e. The summed E-state index contributed by atoms with van der Waals surface area (Å²) in [4.78, 5) is 0. The summed E-state index contributed by atoms with van der Waals surface area (Å²) in [7, 11) is 0. The SMILES string of the molecule is CC(C#COCC1CO1)OCC1CO1. The summed E-state index contributed by atoms with van der Waals surface area (Å²) in [5, 5.41) is 0. The van der Waals surface area contributed by atoms with E-state index in [1.54, 1.807) is 0 Å². The normalized spacial score (nSPS) is 30.1. The molecular weight excluding hydrogens is 184 g/mol. The minimum Gasteiger partial charge on any atom is -0.444 e. The third kappa shape index (κ3) is 3.97. The van der Waals surface area contributed by atoms with Gasteiger partial charge in [0.15, 0.2) is 0 Å². The van der Waals surface area contributed by atoms with Gasteiger partial charge in [0.05, 0.1) is 19.8 Å². The molecule has 0 amide bonds. The maximum absolute atomic E-state index is 5.38. The Labute approximate surface area is 83.5 Å². The van der Waals surface area contributed by atoms with Crippen LogP contribution in [0.25, 0.3) is 0 Å². The second-order valence-corrected chi connectivity index (χ2v) is 3.44. The predicted octanol–water partition coefficient (Wildman–Crippen LogP) is 0.167. The van der Waals surface area contributed by atoms with Gasteiger partial charge >= 0.3 is 0 Å². The summed E-state index contributed by atoms with van der Waals surface area (Å²) >= 11 is 0. The third-order valence-corrected chi connectivity index (χ3v) is 1.94. The number of hydrogen-bond donors (Lipinski definition) is 0. The van der Waals surface area contributed by atoms with Gasteiger partial charge in [0.2, 0.25) is 0 Å². The van der Waals surface area contributed by atoms with Gasteiger partial charge in [-0.15, -0.1) is 0 Å². The molecule has 2 aliphatic heterocycles. The van der Waals surface area contributed by atoms with E-state index in [-0.39, 0.29) is 12.2 Å². The Hall–Kier alpha value is -0.760. The van der Waals surface area contributed by atoms with E-state index in [0.717, 1.165) is 13.2 Å². The van der Waals surface area contributed by atoms with Crippen molar-refractivity contribution < 1.29 is 18.9 Å². The lowest BCUT2D eigenvalue weighted by Gasteiger charge is -2.03. The van der Waals surface area contributed by atoms with Crippen molar-refractivity contribution >= 4 is 0 Å². The monoisotopic (exact) mass is 198 g/mol. The molecule has 0 aromatic heterocycles. The fraction of sp³-hybridized carbons (Fsp3) is 0.800. The van der Waals surface area contributed by atoms with Crippen molar-refractivity contribution in [3.05, 3.63) is 0 Å². The molecule has 2 aliphatic rings. The maximum atomic E-state index is 5.38. The van der Waals surface area contributed by atoms with Gasteiger partial charge in [-0.05, 0) is 12.8 Å². The van der Waals surface area contributed by atoms with E-state index in [1.165, 1.54) is 0 Å². The number of rotatable bonds is 5. The van der Waals surface area contributed by atoms with Gasteiger partial charge < -0.3 is 18.9 Å². The van der Waals surface area contributed by atoms with E-state index in [0.29, 0.717) is 19.3 Å². The minimum absolute atomic E-state index is 0.0979. The fourth-order valence-corrected chi connectivity index (χ4v) is 0.881. The molecule has 0 aliphatic carbocycles. The number of ether oxygens (including phenoxy) is 4. The summed E-state index contributed by atoms with van der Waals surface area (Å²) in [5.41, 5.74) is 0. The van der Waals surface area contributed by atoms with Crippen molar-refractivity contribution in [3.63, 3.8) is 0 Å². The van der Waals surface area contributed by atoms with Crippen LogP contribution in [0.5, 0.6) is 0 Å². The molecule has 2 heterocycles. The molecule has 0 spiro atoms. The molecule has 0 aromatic rings. The zero-order chi connectivity index (χ0) is 9.80. The Morgan fingerprint density at radius 2 is 1.93 bits per heavy atom. The lowest BCUT2D eigenvalue weighted by atomic mass is 10.4. The smallest absolute Gasteiger partial charge is 0.128 e. The Balaban J connectivity index is 1.51. The van der Waals surface area contributed by atoms with Gasteiger partial charge in [-0.1, -0.05) is 0 Å². The van der Waals surface area contributed by atoms with Crippen LogP contribution in [-0.2, 0) is 18.9 Å². The van der Waals surface area contributed by atoms with Crippen LogP contribution in [-0.4, -0.2) is 44.7 Å². The van der Waals surface area contributed by atoms with E-state index in [2.05, 4.69) is 12.0 Å². The van der Waals surface area contributed by atoms with Gasteiger partial charge in [0.1, 0.15) is 31.0 Å². The lowest BCUT2D eigenvalue weighted by Crippen LogP contribution is -2.10. The molecule has 2 rings (SSSR count). The van der Waals surface area contributed by atoms with Crippen LogP contribution in [0.15, 0.2) is 0 Å². The Bertz CT molecular complexity index is 234. The second kappa shape index (κ2) is 4.65. The molecule has 14 heavy (non-hydrogen) atoms. The van der Waals surface area contributed by atoms with Gasteiger partial charge in [-0.25, -0.2) is 0 Å². The summed E-state index contributed by atoms with van der Waals surface area (Å²) < 4.78 is 20.4. The van der Waals surface area contributed by atoms with Crippen LogP contribution in [0, 0.1) is 12.0 Å². The van der Waals surface area contributed by atoms with Crippen LogP contribution in [0.4, 0.5) is 0 Å². The number of hydrogen-bond acceptors (Lipinski definition) is 4. The highest BCUT2D eigenvalue weighted by atomic mass is 16.6. The molecule has 3 unspecified atom stereocenters. The molecule has 3 atom stereocenters. The predicted molar refractivity (Wildman–Crippen MR) is 48.6 cm³/mol. The topological polar surface area (TPSA) is 43.5 Å². The average molecular weight is 198 g/mol. The maximum Gasteiger partial charge on any atom is 0.128 e. The van der Waals surface area contributed by atoms with Crippen molar-refractivity contribution in [2.75, 3.05) is 26.4 Å². The molecule has 0 saturated carbocycles.